The van der Waals surface area contributed by atoms with Crippen molar-refractivity contribution >= 4 is 45.0 Å². The molecule has 0 spiro atoms. The fourth-order valence-electron chi connectivity index (χ4n) is 4.70. The average molecular weight is 488 g/mol. The van der Waals surface area contributed by atoms with Crippen molar-refractivity contribution in [3.63, 3.8) is 0 Å². The number of fused-ring (bicyclic) bond motifs is 1. The third-order valence-corrected chi connectivity index (χ3v) is 9.03. The molecule has 1 unspecified atom stereocenters. The molecule has 0 radical (unpaired) electrons. The van der Waals surface area contributed by atoms with Crippen LogP contribution in [0.25, 0.3) is 0 Å². The Hall–Kier alpha value is -2.36. The van der Waals surface area contributed by atoms with E-state index < -0.39 is 10.0 Å². The van der Waals surface area contributed by atoms with Crippen molar-refractivity contribution in [1.29, 1.82) is 0 Å². The Morgan fingerprint density at radius 3 is 2.48 bits per heavy atom. The molecule has 7 nitrogen and oxygen atoms in total. The number of hydrogen-bond acceptors (Lipinski definition) is 5. The minimum absolute atomic E-state index is 0.0151. The van der Waals surface area contributed by atoms with Crippen LogP contribution in [0.1, 0.15) is 32.3 Å². The molecule has 0 aromatic heterocycles. The van der Waals surface area contributed by atoms with E-state index >= 15 is 0 Å². The number of amides is 2. The predicted octanol–water partition coefficient (Wildman–Crippen LogP) is 3.75. The van der Waals surface area contributed by atoms with Gasteiger partial charge in [-0.3, -0.25) is 9.59 Å². The van der Waals surface area contributed by atoms with Gasteiger partial charge in [-0.15, -0.1) is 11.8 Å². The Kier molecular flexibility index (Phi) is 6.83. The van der Waals surface area contributed by atoms with E-state index in [0.717, 1.165) is 21.8 Å². The van der Waals surface area contributed by atoms with Crippen LogP contribution < -0.4 is 10.2 Å². The van der Waals surface area contributed by atoms with Crippen LogP contribution in [-0.4, -0.2) is 49.9 Å². The summed E-state index contributed by atoms with van der Waals surface area (Å²) in [6, 6.07) is 12.7. The van der Waals surface area contributed by atoms with Gasteiger partial charge >= 0.3 is 0 Å². The number of carbonyl (C=O) groups is 2. The molecule has 2 aliphatic heterocycles. The summed E-state index contributed by atoms with van der Waals surface area (Å²) in [7, 11) is -3.66. The molecular weight excluding hydrogens is 458 g/mol. The molecule has 2 aliphatic rings. The highest BCUT2D eigenvalue weighted by atomic mass is 32.2. The highest BCUT2D eigenvalue weighted by Gasteiger charge is 2.34. The number of hydrogen-bond donors (Lipinski definition) is 1. The molecule has 1 N–H and O–H groups in total. The number of rotatable bonds is 5. The second-order valence-electron chi connectivity index (χ2n) is 8.63. The van der Waals surface area contributed by atoms with Gasteiger partial charge in [-0.1, -0.05) is 6.07 Å². The van der Waals surface area contributed by atoms with Crippen molar-refractivity contribution < 1.29 is 18.0 Å². The fraction of sp³-hybridized carbons (Fsp3) is 0.417. The van der Waals surface area contributed by atoms with Gasteiger partial charge < -0.3 is 10.2 Å². The Bertz CT molecular complexity index is 1170. The zero-order chi connectivity index (χ0) is 23.8. The SMILES string of the molecule is CSc1cccc(NC(=O)C2CCN(S(=O)(=O)c3ccc4c(c3)CC(C)N4C(C)=O)CC2)c1. The van der Waals surface area contributed by atoms with Crippen molar-refractivity contribution in [1.82, 2.24) is 4.31 Å². The van der Waals surface area contributed by atoms with Crippen LogP contribution in [0.15, 0.2) is 52.3 Å². The molecule has 2 aromatic carbocycles. The second kappa shape index (κ2) is 9.48. The van der Waals surface area contributed by atoms with E-state index in [-0.39, 0.29) is 28.7 Å². The van der Waals surface area contributed by atoms with Crippen LogP contribution in [0.4, 0.5) is 11.4 Å². The molecule has 176 valence electrons. The summed E-state index contributed by atoms with van der Waals surface area (Å²) < 4.78 is 28.0. The first-order chi connectivity index (χ1) is 15.7. The van der Waals surface area contributed by atoms with Crippen LogP contribution in [0, 0.1) is 5.92 Å². The van der Waals surface area contributed by atoms with Crippen LogP contribution in [0.5, 0.6) is 0 Å². The molecule has 0 aliphatic carbocycles. The maximum absolute atomic E-state index is 13.3. The lowest BCUT2D eigenvalue weighted by Gasteiger charge is -2.30. The standard InChI is InChI=1S/C24H29N3O4S2/c1-16-13-19-14-22(7-8-23(19)27(16)17(2)28)33(30,31)26-11-9-18(10-12-26)24(29)25-20-5-4-6-21(15-20)32-3/h4-8,14-16,18H,9-13H2,1-3H3,(H,25,29). The van der Waals surface area contributed by atoms with E-state index in [0.29, 0.717) is 32.4 Å². The van der Waals surface area contributed by atoms with Crippen molar-refractivity contribution in [3.8, 4) is 0 Å². The van der Waals surface area contributed by atoms with Crippen molar-refractivity contribution in [2.24, 2.45) is 5.92 Å². The second-order valence-corrected chi connectivity index (χ2v) is 11.4. The molecule has 9 heteroatoms. The summed E-state index contributed by atoms with van der Waals surface area (Å²) in [4.78, 5) is 27.7. The zero-order valence-corrected chi connectivity index (χ0v) is 20.7. The lowest BCUT2D eigenvalue weighted by Crippen LogP contribution is -2.41. The topological polar surface area (TPSA) is 86.8 Å². The molecule has 0 bridgehead atoms. The summed E-state index contributed by atoms with van der Waals surface area (Å²) in [5.41, 5.74) is 2.42. The summed E-state index contributed by atoms with van der Waals surface area (Å²) in [6.45, 7) is 4.09. The lowest BCUT2D eigenvalue weighted by atomic mass is 9.97. The largest absolute Gasteiger partial charge is 0.326 e. The molecule has 4 rings (SSSR count). The number of sulfonamides is 1. The normalized spacial score (nSPS) is 19.4. The molecule has 0 saturated carbocycles. The number of thioether (sulfide) groups is 1. The van der Waals surface area contributed by atoms with Gasteiger partial charge in [-0.05, 0) is 74.4 Å². The number of nitrogens with zero attached hydrogens (tertiary/aromatic N) is 2. The fourth-order valence-corrected chi connectivity index (χ4v) is 6.68. The first-order valence-corrected chi connectivity index (χ1v) is 13.7. The molecule has 1 atom stereocenters. The molecule has 33 heavy (non-hydrogen) atoms. The summed E-state index contributed by atoms with van der Waals surface area (Å²) in [5.74, 6) is -0.335. The number of piperidine rings is 1. The molecule has 2 heterocycles. The highest BCUT2D eigenvalue weighted by molar-refractivity contribution is 7.98. The van der Waals surface area contributed by atoms with Crippen molar-refractivity contribution in [2.45, 2.75) is 48.9 Å². The Labute approximate surface area is 199 Å². The Morgan fingerprint density at radius 2 is 1.82 bits per heavy atom. The lowest BCUT2D eigenvalue weighted by molar-refractivity contribution is -0.121. The minimum atomic E-state index is -3.66. The van der Waals surface area contributed by atoms with Gasteiger partial charge in [0.15, 0.2) is 0 Å². The Morgan fingerprint density at radius 1 is 1.09 bits per heavy atom. The van der Waals surface area contributed by atoms with Gasteiger partial charge in [-0.25, -0.2) is 8.42 Å². The maximum atomic E-state index is 13.3. The van der Waals surface area contributed by atoms with E-state index in [4.69, 9.17) is 0 Å². The van der Waals surface area contributed by atoms with Crippen LogP contribution in [0.2, 0.25) is 0 Å². The van der Waals surface area contributed by atoms with Gasteiger partial charge in [0.25, 0.3) is 0 Å². The van der Waals surface area contributed by atoms with Crippen LogP contribution in [0.3, 0.4) is 0 Å². The van der Waals surface area contributed by atoms with E-state index in [1.807, 2.05) is 37.4 Å². The van der Waals surface area contributed by atoms with E-state index in [2.05, 4.69) is 5.32 Å². The smallest absolute Gasteiger partial charge is 0.243 e. The molecule has 1 saturated heterocycles. The van der Waals surface area contributed by atoms with Gasteiger partial charge in [0, 0.05) is 48.2 Å². The Balaban J connectivity index is 1.42. The highest BCUT2D eigenvalue weighted by Crippen LogP contribution is 2.35. The van der Waals surface area contributed by atoms with E-state index in [1.165, 1.54) is 11.2 Å². The molecule has 1 fully saturated rings. The van der Waals surface area contributed by atoms with Gasteiger partial charge in [-0.2, -0.15) is 4.31 Å². The maximum Gasteiger partial charge on any atom is 0.243 e. The third kappa shape index (κ3) is 4.81. The summed E-state index contributed by atoms with van der Waals surface area (Å²) in [6.07, 6.45) is 3.58. The number of carbonyl (C=O) groups excluding carboxylic acids is 2. The van der Waals surface area contributed by atoms with Crippen molar-refractivity contribution in [2.75, 3.05) is 29.6 Å². The minimum Gasteiger partial charge on any atom is -0.326 e. The molecule has 2 aromatic rings. The predicted molar refractivity (Wildman–Crippen MR) is 131 cm³/mol. The van der Waals surface area contributed by atoms with E-state index in [9.17, 15) is 18.0 Å². The third-order valence-electron chi connectivity index (χ3n) is 6.41. The monoisotopic (exact) mass is 487 g/mol. The quantitative estimate of drug-likeness (QED) is 0.649. The number of anilines is 2. The van der Waals surface area contributed by atoms with Gasteiger partial charge in [0.1, 0.15) is 0 Å². The molecular formula is C24H29N3O4S2. The van der Waals surface area contributed by atoms with Crippen LogP contribution in [-0.2, 0) is 26.0 Å². The summed E-state index contributed by atoms with van der Waals surface area (Å²) >= 11 is 1.61. The number of nitrogens with one attached hydrogen (secondary N) is 1. The van der Waals surface area contributed by atoms with Crippen molar-refractivity contribution in [3.05, 3.63) is 48.0 Å². The van der Waals surface area contributed by atoms with Gasteiger partial charge in [0.05, 0.1) is 4.90 Å². The average Bonchev–Trinajstić information content (AvgIpc) is 3.14. The van der Waals surface area contributed by atoms with Crippen LogP contribution >= 0.6 is 11.8 Å². The number of benzene rings is 2. The van der Waals surface area contributed by atoms with E-state index in [1.54, 1.807) is 34.9 Å². The summed E-state index contributed by atoms with van der Waals surface area (Å²) in [5, 5.41) is 2.96. The van der Waals surface area contributed by atoms with Gasteiger partial charge in [0.2, 0.25) is 21.8 Å². The first kappa shape index (κ1) is 23.8. The zero-order valence-electron chi connectivity index (χ0n) is 19.1. The molecule has 2 amide bonds. The first-order valence-electron chi connectivity index (χ1n) is 11.1.